The molecule has 0 spiro atoms. The Morgan fingerprint density at radius 2 is 1.22 bits per heavy atom. The molecule has 0 amide bonds. The molecule has 0 aliphatic heterocycles. The molecule has 4 nitrogen and oxygen atoms in total. The topological polar surface area (TPSA) is 58.9 Å². The number of rotatable bonds is 10. The number of aliphatic hydroxyl groups is 2. The Morgan fingerprint density at radius 1 is 0.815 bits per heavy atom. The molecule has 27 heavy (non-hydrogen) atoms. The van der Waals surface area contributed by atoms with Crippen LogP contribution in [0.2, 0.25) is 0 Å². The van der Waals surface area contributed by atoms with Crippen LogP contribution >= 0.6 is 11.6 Å². The standard InChI is InChI=1S/C19H20ClF3O4/c20-9-15(24)11-26-17-5-1-13(2-6-17)19(22,23)14-3-7-18(8-4-14)27-12-16(25)10-21/h1-8,15-16,24-25H,9-12H2/i21-1. The largest absolute Gasteiger partial charge is 0.491 e. The van der Waals surface area contributed by atoms with Crippen LogP contribution in [0.1, 0.15) is 11.1 Å². The van der Waals surface area contributed by atoms with Gasteiger partial charge < -0.3 is 19.7 Å². The first kappa shape index (κ1) is 21.3. The number of halogens is 4. The molecule has 0 radical (unpaired) electrons. The van der Waals surface area contributed by atoms with E-state index >= 15 is 0 Å². The van der Waals surface area contributed by atoms with Gasteiger partial charge in [0.15, 0.2) is 0 Å². The van der Waals surface area contributed by atoms with E-state index < -0.39 is 24.8 Å². The monoisotopic (exact) mass is 403 g/mol. The third kappa shape index (κ3) is 6.02. The Kier molecular flexibility index (Phi) is 7.77. The normalized spacial score (nSPS) is 13.9. The zero-order valence-electron chi connectivity index (χ0n) is 14.3. The molecule has 2 aromatic carbocycles. The van der Waals surface area contributed by atoms with E-state index in [0.29, 0.717) is 5.75 Å². The Labute approximate surface area is 160 Å². The molecule has 0 saturated carbocycles. The molecule has 0 saturated heterocycles. The summed E-state index contributed by atoms with van der Waals surface area (Å²) in [6.07, 6.45) is -2.09. The average Bonchev–Trinajstić information content (AvgIpc) is 2.70. The highest BCUT2D eigenvalue weighted by Crippen LogP contribution is 2.37. The quantitative estimate of drug-likeness (QED) is 0.596. The third-order valence-electron chi connectivity index (χ3n) is 3.67. The highest BCUT2D eigenvalue weighted by molar-refractivity contribution is 6.18. The summed E-state index contributed by atoms with van der Waals surface area (Å²) in [6.45, 7) is -1.23. The van der Waals surface area contributed by atoms with Gasteiger partial charge in [-0.25, -0.2) is 4.39 Å². The van der Waals surface area contributed by atoms with Crippen LogP contribution in [0.15, 0.2) is 48.5 Å². The van der Waals surface area contributed by atoms with Gasteiger partial charge in [-0.3, -0.25) is 0 Å². The second-order valence-corrected chi connectivity index (χ2v) is 6.17. The first-order valence-electron chi connectivity index (χ1n) is 8.19. The molecule has 2 atom stereocenters. The van der Waals surface area contributed by atoms with E-state index in [9.17, 15) is 18.3 Å². The molecule has 0 aliphatic rings. The van der Waals surface area contributed by atoms with Crippen molar-refractivity contribution >= 4 is 11.6 Å². The lowest BCUT2D eigenvalue weighted by Gasteiger charge is -2.18. The van der Waals surface area contributed by atoms with Crippen molar-refractivity contribution in [3.63, 3.8) is 0 Å². The summed E-state index contributed by atoms with van der Waals surface area (Å²) in [7, 11) is 0. The molecular weight excluding hydrogens is 384 g/mol. The van der Waals surface area contributed by atoms with Crippen molar-refractivity contribution < 1.29 is 32.9 Å². The summed E-state index contributed by atoms with van der Waals surface area (Å²) in [4.78, 5) is 0. The molecule has 0 aromatic heterocycles. The van der Waals surface area contributed by atoms with Crippen LogP contribution in [0.3, 0.4) is 0 Å². The van der Waals surface area contributed by atoms with E-state index in [1.165, 1.54) is 48.5 Å². The van der Waals surface area contributed by atoms with Gasteiger partial charge in [0.05, 0.1) is 5.88 Å². The van der Waals surface area contributed by atoms with E-state index in [0.717, 1.165) is 0 Å². The summed E-state index contributed by atoms with van der Waals surface area (Å²) in [5.41, 5.74) is -0.471. The first-order valence-corrected chi connectivity index (χ1v) is 8.72. The number of benzene rings is 2. The molecule has 0 bridgehead atoms. The maximum Gasteiger partial charge on any atom is 0.298 e. The van der Waals surface area contributed by atoms with Gasteiger partial charge in [-0.15, -0.1) is 11.6 Å². The van der Waals surface area contributed by atoms with Crippen LogP contribution in [-0.4, -0.2) is 48.2 Å². The van der Waals surface area contributed by atoms with Crippen molar-refractivity contribution in [3.8, 4) is 11.5 Å². The van der Waals surface area contributed by atoms with E-state index in [1.807, 2.05) is 0 Å². The smallest absolute Gasteiger partial charge is 0.298 e. The number of aliphatic hydroxyl groups excluding tert-OH is 2. The second kappa shape index (κ2) is 9.82. The van der Waals surface area contributed by atoms with Gasteiger partial charge in [-0.1, -0.05) is 0 Å². The first-order chi connectivity index (χ1) is 12.9. The fourth-order valence-electron chi connectivity index (χ4n) is 2.16. The van der Waals surface area contributed by atoms with Crippen molar-refractivity contribution in [1.82, 2.24) is 0 Å². The number of ether oxygens (including phenoxy) is 2. The molecule has 0 heterocycles. The van der Waals surface area contributed by atoms with E-state index in [4.69, 9.17) is 26.2 Å². The Bertz CT molecular complexity index is 636. The fraction of sp³-hybridized carbons (Fsp3) is 0.368. The minimum absolute atomic E-state index is 0.0165. The molecule has 2 rings (SSSR count). The lowest BCUT2D eigenvalue weighted by Crippen LogP contribution is -2.19. The molecule has 0 fully saturated rings. The van der Waals surface area contributed by atoms with E-state index in [-0.39, 0.29) is 36.0 Å². The number of hydrogen-bond acceptors (Lipinski definition) is 4. The van der Waals surface area contributed by atoms with Crippen molar-refractivity contribution in [2.75, 3.05) is 25.8 Å². The maximum absolute atomic E-state index is 14.7. The van der Waals surface area contributed by atoms with E-state index in [2.05, 4.69) is 0 Å². The Balaban J connectivity index is 2.04. The van der Waals surface area contributed by atoms with E-state index in [1.54, 1.807) is 0 Å². The number of hydrogen-bond donors (Lipinski definition) is 2. The maximum atomic E-state index is 14.7. The minimum Gasteiger partial charge on any atom is -0.491 e. The van der Waals surface area contributed by atoms with Crippen LogP contribution in [0.25, 0.3) is 0 Å². The fourth-order valence-corrected chi connectivity index (χ4v) is 2.25. The summed E-state index contributed by atoms with van der Waals surface area (Å²) >= 11 is 5.46. The molecular formula is C19H20ClF3O4. The molecule has 0 aliphatic carbocycles. The highest BCUT2D eigenvalue weighted by Gasteiger charge is 2.33. The number of alkyl halides is 4. The summed E-state index contributed by atoms with van der Waals surface area (Å²) < 4.78 is 51.9. The van der Waals surface area contributed by atoms with Gasteiger partial charge in [0.2, 0.25) is 0 Å². The van der Waals surface area contributed by atoms with Gasteiger partial charge in [0.25, 0.3) is 5.92 Å². The SMILES string of the molecule is OC(C[18F])COc1ccc(C(F)(F)c2ccc(OCC(O)CCl)cc2)cc1. The average molecular weight is 404 g/mol. The third-order valence-corrected chi connectivity index (χ3v) is 4.03. The van der Waals surface area contributed by atoms with Crippen LogP contribution in [0.4, 0.5) is 13.2 Å². The lowest BCUT2D eigenvalue weighted by atomic mass is 10.0. The zero-order chi connectivity index (χ0) is 19.9. The second-order valence-electron chi connectivity index (χ2n) is 5.86. The van der Waals surface area contributed by atoms with Crippen LogP contribution in [0.5, 0.6) is 11.5 Å². The van der Waals surface area contributed by atoms with Gasteiger partial charge >= 0.3 is 0 Å². The molecule has 2 N–H and O–H groups in total. The Hall–Kier alpha value is -1.96. The van der Waals surface area contributed by atoms with Crippen molar-refractivity contribution in [2.24, 2.45) is 0 Å². The Morgan fingerprint density at radius 3 is 1.59 bits per heavy atom. The van der Waals surface area contributed by atoms with Crippen LogP contribution < -0.4 is 9.47 Å². The molecule has 8 heteroatoms. The lowest BCUT2D eigenvalue weighted by molar-refractivity contribution is 0.0425. The highest BCUT2D eigenvalue weighted by atomic mass is 35.5. The zero-order valence-corrected chi connectivity index (χ0v) is 15.1. The van der Waals surface area contributed by atoms with Crippen LogP contribution in [0, 0.1) is 0 Å². The van der Waals surface area contributed by atoms with Gasteiger partial charge in [-0.2, -0.15) is 8.78 Å². The molecule has 148 valence electrons. The minimum atomic E-state index is -3.24. The van der Waals surface area contributed by atoms with Crippen molar-refractivity contribution in [2.45, 2.75) is 18.1 Å². The molecule has 2 aromatic rings. The predicted octanol–water partition coefficient (Wildman–Crippen LogP) is 3.51. The summed E-state index contributed by atoms with van der Waals surface area (Å²) in [5.74, 6) is -2.63. The van der Waals surface area contributed by atoms with Crippen molar-refractivity contribution in [3.05, 3.63) is 59.7 Å². The molecule has 2 unspecified atom stereocenters. The van der Waals surface area contributed by atoms with Crippen LogP contribution in [-0.2, 0) is 5.92 Å². The van der Waals surface area contributed by atoms with Gasteiger partial charge in [0.1, 0.15) is 43.6 Å². The van der Waals surface area contributed by atoms with Gasteiger partial charge in [0, 0.05) is 11.1 Å². The van der Waals surface area contributed by atoms with Crippen molar-refractivity contribution in [1.29, 1.82) is 0 Å². The predicted molar refractivity (Wildman–Crippen MR) is 95.6 cm³/mol. The van der Waals surface area contributed by atoms with Gasteiger partial charge in [-0.05, 0) is 48.5 Å². The summed E-state index contributed by atoms with van der Waals surface area (Å²) in [5, 5.41) is 18.4. The summed E-state index contributed by atoms with van der Waals surface area (Å²) in [6, 6.07) is 10.3.